The summed E-state index contributed by atoms with van der Waals surface area (Å²) >= 11 is 0. The molecule has 2 aromatic carbocycles. The highest BCUT2D eigenvalue weighted by molar-refractivity contribution is 7.95. The Labute approximate surface area is 116 Å². The predicted molar refractivity (Wildman–Crippen MR) is 75.2 cm³/mol. The van der Waals surface area contributed by atoms with Crippen molar-refractivity contribution in [2.75, 3.05) is 6.61 Å². The van der Waals surface area contributed by atoms with Gasteiger partial charge in [-0.05, 0) is 42.0 Å². The monoisotopic (exact) mass is 288 g/mol. The van der Waals surface area contributed by atoms with Gasteiger partial charge >= 0.3 is 0 Å². The van der Waals surface area contributed by atoms with Gasteiger partial charge in [-0.1, -0.05) is 18.2 Å². The molecule has 3 rings (SSSR count). The van der Waals surface area contributed by atoms with Crippen LogP contribution in [-0.4, -0.2) is 20.1 Å². The van der Waals surface area contributed by atoms with E-state index in [1.54, 1.807) is 42.5 Å². The molecule has 0 unspecified atom stereocenters. The molecular formula is C15H12O4S. The SMILES string of the molecule is O=S1(=O)C(COc2ccc(O)cc2)=Cc2ccccc21. The van der Waals surface area contributed by atoms with Gasteiger partial charge in [0.15, 0.2) is 0 Å². The number of hydrogen-bond donors (Lipinski definition) is 1. The molecule has 0 radical (unpaired) electrons. The second kappa shape index (κ2) is 4.68. The van der Waals surface area contributed by atoms with Gasteiger partial charge in [0.1, 0.15) is 18.1 Å². The second-order valence-corrected chi connectivity index (χ2v) is 6.41. The van der Waals surface area contributed by atoms with Crippen LogP contribution < -0.4 is 4.74 Å². The van der Waals surface area contributed by atoms with Crippen molar-refractivity contribution < 1.29 is 18.3 Å². The number of sulfone groups is 1. The van der Waals surface area contributed by atoms with E-state index >= 15 is 0 Å². The Kier molecular flexibility index (Phi) is 2.99. The molecule has 1 heterocycles. The van der Waals surface area contributed by atoms with Crippen molar-refractivity contribution in [2.45, 2.75) is 4.90 Å². The highest BCUT2D eigenvalue weighted by atomic mass is 32.2. The molecule has 0 aliphatic carbocycles. The summed E-state index contributed by atoms with van der Waals surface area (Å²) in [6, 6.07) is 13.0. The van der Waals surface area contributed by atoms with E-state index in [9.17, 15) is 13.5 Å². The van der Waals surface area contributed by atoms with Gasteiger partial charge in [0.25, 0.3) is 0 Å². The van der Waals surface area contributed by atoms with Crippen LogP contribution in [0, 0.1) is 0 Å². The lowest BCUT2D eigenvalue weighted by atomic mass is 10.2. The van der Waals surface area contributed by atoms with Crippen LogP contribution in [0.3, 0.4) is 0 Å². The van der Waals surface area contributed by atoms with E-state index in [-0.39, 0.29) is 17.3 Å². The number of benzene rings is 2. The van der Waals surface area contributed by atoms with Crippen molar-refractivity contribution in [2.24, 2.45) is 0 Å². The number of ether oxygens (including phenoxy) is 1. The largest absolute Gasteiger partial charge is 0.508 e. The Balaban J connectivity index is 1.82. The Morgan fingerprint density at radius 2 is 1.70 bits per heavy atom. The molecule has 0 bridgehead atoms. The van der Waals surface area contributed by atoms with Crippen molar-refractivity contribution in [3.8, 4) is 11.5 Å². The van der Waals surface area contributed by atoms with Crippen molar-refractivity contribution in [3.63, 3.8) is 0 Å². The molecule has 0 atom stereocenters. The minimum absolute atomic E-state index is 0.0260. The average Bonchev–Trinajstić information content (AvgIpc) is 2.70. The lowest BCUT2D eigenvalue weighted by Gasteiger charge is -2.07. The fourth-order valence-corrected chi connectivity index (χ4v) is 3.53. The van der Waals surface area contributed by atoms with E-state index in [4.69, 9.17) is 4.74 Å². The summed E-state index contributed by atoms with van der Waals surface area (Å²) in [5.41, 5.74) is 0.691. The van der Waals surface area contributed by atoms with Crippen molar-refractivity contribution in [3.05, 3.63) is 59.0 Å². The van der Waals surface area contributed by atoms with Crippen LogP contribution in [0.2, 0.25) is 0 Å². The predicted octanol–water partition coefficient (Wildman–Crippen LogP) is 2.60. The van der Waals surface area contributed by atoms with Crippen molar-refractivity contribution in [1.29, 1.82) is 0 Å². The zero-order valence-corrected chi connectivity index (χ0v) is 11.3. The molecule has 2 aromatic rings. The summed E-state index contributed by atoms with van der Waals surface area (Å²) < 4.78 is 30.0. The fourth-order valence-electron chi connectivity index (χ4n) is 2.05. The van der Waals surface area contributed by atoms with Gasteiger partial charge in [-0.15, -0.1) is 0 Å². The Morgan fingerprint density at radius 3 is 2.40 bits per heavy atom. The highest BCUT2D eigenvalue weighted by Crippen LogP contribution is 2.32. The first-order valence-corrected chi connectivity index (χ1v) is 7.52. The third-order valence-corrected chi connectivity index (χ3v) is 4.96. The van der Waals surface area contributed by atoms with Gasteiger partial charge in [0.2, 0.25) is 9.84 Å². The minimum atomic E-state index is -3.44. The van der Waals surface area contributed by atoms with Crippen LogP contribution in [0.5, 0.6) is 11.5 Å². The third-order valence-electron chi connectivity index (χ3n) is 3.09. The zero-order chi connectivity index (χ0) is 14.2. The molecule has 5 heteroatoms. The number of aromatic hydroxyl groups is 1. The van der Waals surface area contributed by atoms with Gasteiger partial charge < -0.3 is 9.84 Å². The number of hydrogen-bond acceptors (Lipinski definition) is 4. The van der Waals surface area contributed by atoms with E-state index < -0.39 is 9.84 Å². The molecule has 1 N–H and O–H groups in total. The smallest absolute Gasteiger partial charge is 0.206 e. The summed E-state index contributed by atoms with van der Waals surface area (Å²) in [6.07, 6.45) is 1.63. The Bertz CT molecular complexity index is 774. The molecule has 0 amide bonds. The quantitative estimate of drug-likeness (QED) is 0.943. The molecule has 0 aromatic heterocycles. The number of fused-ring (bicyclic) bond motifs is 1. The van der Waals surface area contributed by atoms with Crippen LogP contribution in [0.15, 0.2) is 58.3 Å². The first-order chi connectivity index (χ1) is 9.57. The average molecular weight is 288 g/mol. The summed E-state index contributed by atoms with van der Waals surface area (Å²) in [7, 11) is -3.44. The normalized spacial score (nSPS) is 15.5. The first kappa shape index (κ1) is 12.7. The van der Waals surface area contributed by atoms with E-state index in [0.29, 0.717) is 16.2 Å². The van der Waals surface area contributed by atoms with Gasteiger partial charge in [0, 0.05) is 0 Å². The van der Waals surface area contributed by atoms with Crippen molar-refractivity contribution in [1.82, 2.24) is 0 Å². The zero-order valence-electron chi connectivity index (χ0n) is 10.5. The maximum absolute atomic E-state index is 12.3. The maximum atomic E-state index is 12.3. The van der Waals surface area contributed by atoms with Gasteiger partial charge in [-0.2, -0.15) is 0 Å². The van der Waals surface area contributed by atoms with Gasteiger partial charge in [-0.25, -0.2) is 8.42 Å². The summed E-state index contributed by atoms with van der Waals surface area (Å²) in [5.74, 6) is 0.646. The lowest BCUT2D eigenvalue weighted by molar-refractivity contribution is 0.358. The molecule has 20 heavy (non-hydrogen) atoms. The molecule has 0 spiro atoms. The molecule has 0 saturated heterocycles. The number of rotatable bonds is 3. The Morgan fingerprint density at radius 1 is 1.00 bits per heavy atom. The van der Waals surface area contributed by atoms with Crippen molar-refractivity contribution >= 4 is 15.9 Å². The van der Waals surface area contributed by atoms with E-state index in [0.717, 1.165) is 0 Å². The molecule has 0 saturated carbocycles. The fraction of sp³-hybridized carbons (Fsp3) is 0.0667. The van der Waals surface area contributed by atoms with E-state index in [1.165, 1.54) is 12.1 Å². The van der Waals surface area contributed by atoms with E-state index in [2.05, 4.69) is 0 Å². The van der Waals surface area contributed by atoms with Gasteiger partial charge in [-0.3, -0.25) is 0 Å². The molecule has 4 nitrogen and oxygen atoms in total. The molecule has 1 aliphatic heterocycles. The number of phenolic OH excluding ortho intramolecular Hbond substituents is 1. The van der Waals surface area contributed by atoms with Crippen LogP contribution in [0.25, 0.3) is 6.08 Å². The maximum Gasteiger partial charge on any atom is 0.206 e. The molecule has 1 aliphatic rings. The highest BCUT2D eigenvalue weighted by Gasteiger charge is 2.29. The lowest BCUT2D eigenvalue weighted by Crippen LogP contribution is -2.08. The van der Waals surface area contributed by atoms with Crippen LogP contribution >= 0.6 is 0 Å². The van der Waals surface area contributed by atoms with Gasteiger partial charge in [0.05, 0.1) is 9.80 Å². The molecule has 0 fully saturated rings. The summed E-state index contributed by atoms with van der Waals surface area (Å²) in [6.45, 7) is -0.0260. The van der Waals surface area contributed by atoms with Crippen LogP contribution in [0.4, 0.5) is 0 Å². The minimum Gasteiger partial charge on any atom is -0.508 e. The Hall–Kier alpha value is -2.27. The van der Waals surface area contributed by atoms with Crippen LogP contribution in [-0.2, 0) is 9.84 Å². The van der Waals surface area contributed by atoms with Crippen LogP contribution in [0.1, 0.15) is 5.56 Å². The third kappa shape index (κ3) is 2.16. The first-order valence-electron chi connectivity index (χ1n) is 6.04. The summed E-state index contributed by atoms with van der Waals surface area (Å²) in [5, 5.41) is 9.18. The molecular weight excluding hydrogens is 276 g/mol. The second-order valence-electron chi connectivity index (χ2n) is 4.43. The van der Waals surface area contributed by atoms with E-state index in [1.807, 2.05) is 0 Å². The number of phenols is 1. The standard InChI is InChI=1S/C15H12O4S/c16-12-5-7-13(8-6-12)19-10-14-9-11-3-1-2-4-15(11)20(14,17)18/h1-9,16H,10H2. The molecule has 102 valence electrons. The summed E-state index contributed by atoms with van der Waals surface area (Å²) in [4.78, 5) is 0.566. The topological polar surface area (TPSA) is 63.6 Å².